The van der Waals surface area contributed by atoms with E-state index in [1.54, 1.807) is 4.31 Å². The molecule has 0 aromatic carbocycles. The van der Waals surface area contributed by atoms with E-state index in [4.69, 9.17) is 0 Å². The number of sulfonamides is 1. The number of rotatable bonds is 2. The molecule has 5 heteroatoms. The van der Waals surface area contributed by atoms with Crippen LogP contribution in [0.5, 0.6) is 0 Å². The zero-order valence-corrected chi connectivity index (χ0v) is 11.8. The van der Waals surface area contributed by atoms with Crippen LogP contribution in [0.2, 0.25) is 0 Å². The lowest BCUT2D eigenvalue weighted by Crippen LogP contribution is -2.42. The highest BCUT2D eigenvalue weighted by molar-refractivity contribution is 7.89. The maximum atomic E-state index is 12.6. The van der Waals surface area contributed by atoms with Crippen LogP contribution in [0.15, 0.2) is 0 Å². The highest BCUT2D eigenvalue weighted by atomic mass is 32.2. The Hall–Kier alpha value is -0.130. The van der Waals surface area contributed by atoms with Crippen LogP contribution in [0.25, 0.3) is 0 Å². The van der Waals surface area contributed by atoms with Gasteiger partial charge in [0.1, 0.15) is 0 Å². The fraction of sp³-hybridized carbons (Fsp3) is 1.00. The van der Waals surface area contributed by atoms with E-state index in [2.05, 4.69) is 5.32 Å². The van der Waals surface area contributed by atoms with Crippen molar-refractivity contribution in [1.82, 2.24) is 9.62 Å². The normalized spacial score (nSPS) is 35.6. The monoisotopic (exact) mass is 272 g/mol. The van der Waals surface area contributed by atoms with Gasteiger partial charge in [-0.05, 0) is 38.1 Å². The van der Waals surface area contributed by atoms with Gasteiger partial charge in [0.15, 0.2) is 0 Å². The smallest absolute Gasteiger partial charge is 0.217 e. The van der Waals surface area contributed by atoms with E-state index in [0.29, 0.717) is 18.5 Å². The minimum atomic E-state index is -3.03. The van der Waals surface area contributed by atoms with Crippen molar-refractivity contribution < 1.29 is 8.42 Å². The molecule has 0 aromatic heterocycles. The Kier molecular flexibility index (Phi) is 3.65. The van der Waals surface area contributed by atoms with Gasteiger partial charge in [-0.2, -0.15) is 4.31 Å². The molecule has 2 aliphatic heterocycles. The van der Waals surface area contributed by atoms with Crippen molar-refractivity contribution in [2.45, 2.75) is 56.2 Å². The van der Waals surface area contributed by atoms with Gasteiger partial charge in [-0.25, -0.2) is 8.42 Å². The van der Waals surface area contributed by atoms with Crippen molar-refractivity contribution in [2.24, 2.45) is 5.92 Å². The van der Waals surface area contributed by atoms with E-state index in [9.17, 15) is 8.42 Å². The third kappa shape index (κ3) is 2.32. The minimum Gasteiger partial charge on any atom is -0.312 e. The molecule has 2 saturated heterocycles. The van der Waals surface area contributed by atoms with Crippen LogP contribution < -0.4 is 5.32 Å². The predicted molar refractivity (Wildman–Crippen MR) is 71.9 cm³/mol. The van der Waals surface area contributed by atoms with E-state index < -0.39 is 10.0 Å². The molecule has 0 aromatic rings. The maximum absolute atomic E-state index is 12.6. The Morgan fingerprint density at radius 3 is 2.44 bits per heavy atom. The molecule has 18 heavy (non-hydrogen) atoms. The van der Waals surface area contributed by atoms with E-state index in [0.717, 1.165) is 38.8 Å². The SMILES string of the molecule is O=S(=O)(C1CCCCC1)N1CC2CCCNC2C1. The highest BCUT2D eigenvalue weighted by Gasteiger charge is 2.42. The molecule has 4 nitrogen and oxygen atoms in total. The topological polar surface area (TPSA) is 49.4 Å². The van der Waals surface area contributed by atoms with E-state index >= 15 is 0 Å². The number of fused-ring (bicyclic) bond motifs is 1. The largest absolute Gasteiger partial charge is 0.312 e. The van der Waals surface area contributed by atoms with Crippen molar-refractivity contribution >= 4 is 10.0 Å². The molecule has 3 rings (SSSR count). The van der Waals surface area contributed by atoms with Crippen LogP contribution in [0.3, 0.4) is 0 Å². The second kappa shape index (κ2) is 5.10. The van der Waals surface area contributed by atoms with Crippen LogP contribution >= 0.6 is 0 Å². The summed E-state index contributed by atoms with van der Waals surface area (Å²) in [5, 5.41) is 3.39. The predicted octanol–water partition coefficient (Wildman–Crippen LogP) is 1.33. The van der Waals surface area contributed by atoms with Crippen LogP contribution in [0, 0.1) is 5.92 Å². The second-order valence-electron chi connectivity index (χ2n) is 6.08. The van der Waals surface area contributed by atoms with Gasteiger partial charge in [-0.1, -0.05) is 19.3 Å². The van der Waals surface area contributed by atoms with E-state index in [1.807, 2.05) is 0 Å². The first kappa shape index (κ1) is 12.9. The first-order valence-electron chi connectivity index (χ1n) is 7.40. The Morgan fingerprint density at radius 2 is 1.72 bits per heavy atom. The van der Waals surface area contributed by atoms with Crippen molar-refractivity contribution in [3.8, 4) is 0 Å². The zero-order chi connectivity index (χ0) is 12.6. The van der Waals surface area contributed by atoms with Crippen LogP contribution in [0.1, 0.15) is 44.9 Å². The zero-order valence-electron chi connectivity index (χ0n) is 11.0. The standard InChI is InChI=1S/C13H24N2O2S/c16-18(17,12-6-2-1-3-7-12)15-9-11-5-4-8-14-13(11)10-15/h11-14H,1-10H2. The third-order valence-corrected chi connectivity index (χ3v) is 7.23. The van der Waals surface area contributed by atoms with Crippen LogP contribution in [-0.2, 0) is 10.0 Å². The number of nitrogens with zero attached hydrogens (tertiary/aromatic N) is 1. The molecule has 0 amide bonds. The lowest BCUT2D eigenvalue weighted by Gasteiger charge is -2.27. The first-order chi connectivity index (χ1) is 8.68. The summed E-state index contributed by atoms with van der Waals surface area (Å²) in [6, 6.07) is 0.414. The van der Waals surface area contributed by atoms with Crippen LogP contribution in [-0.4, -0.2) is 43.6 Å². The average Bonchev–Trinajstić information content (AvgIpc) is 2.84. The number of hydrogen-bond acceptors (Lipinski definition) is 3. The summed E-state index contributed by atoms with van der Waals surface area (Å²) in [5.41, 5.74) is 0. The van der Waals surface area contributed by atoms with Gasteiger partial charge in [-0.15, -0.1) is 0 Å². The van der Waals surface area contributed by atoms with Gasteiger partial charge >= 0.3 is 0 Å². The second-order valence-corrected chi connectivity index (χ2v) is 8.30. The van der Waals surface area contributed by atoms with Crippen molar-refractivity contribution in [1.29, 1.82) is 0 Å². The van der Waals surface area contributed by atoms with Gasteiger partial charge < -0.3 is 5.32 Å². The minimum absolute atomic E-state index is 0.0913. The molecule has 104 valence electrons. The summed E-state index contributed by atoms with van der Waals surface area (Å²) < 4.78 is 27.0. The van der Waals surface area contributed by atoms with Gasteiger partial charge in [0.05, 0.1) is 5.25 Å². The molecule has 1 aliphatic carbocycles. The Labute approximate surface area is 110 Å². The molecule has 0 spiro atoms. The summed E-state index contributed by atoms with van der Waals surface area (Å²) in [4.78, 5) is 0. The number of piperidine rings is 1. The molecule has 1 N–H and O–H groups in total. The molecule has 1 saturated carbocycles. The lowest BCUT2D eigenvalue weighted by atomic mass is 9.94. The Morgan fingerprint density at radius 1 is 0.944 bits per heavy atom. The summed E-state index contributed by atoms with van der Waals surface area (Å²) in [5.74, 6) is 0.553. The molecule has 0 bridgehead atoms. The number of hydrogen-bond donors (Lipinski definition) is 1. The van der Waals surface area contributed by atoms with E-state index in [-0.39, 0.29) is 5.25 Å². The molecule has 2 heterocycles. The van der Waals surface area contributed by atoms with Crippen molar-refractivity contribution in [3.05, 3.63) is 0 Å². The maximum Gasteiger partial charge on any atom is 0.217 e. The fourth-order valence-electron chi connectivity index (χ4n) is 3.79. The van der Waals surface area contributed by atoms with Crippen molar-refractivity contribution in [2.75, 3.05) is 19.6 Å². The molecule has 2 atom stereocenters. The summed E-state index contributed by atoms with van der Waals surface area (Å²) in [7, 11) is -3.03. The molecule has 3 fully saturated rings. The molecule has 3 aliphatic rings. The van der Waals surface area contributed by atoms with Gasteiger partial charge in [0.2, 0.25) is 10.0 Å². The summed E-state index contributed by atoms with van der Waals surface area (Å²) in [6.45, 7) is 2.53. The first-order valence-corrected chi connectivity index (χ1v) is 8.90. The lowest BCUT2D eigenvalue weighted by molar-refractivity contribution is 0.339. The van der Waals surface area contributed by atoms with Gasteiger partial charge in [-0.3, -0.25) is 0 Å². The van der Waals surface area contributed by atoms with Gasteiger partial charge in [0.25, 0.3) is 0 Å². The number of nitrogens with one attached hydrogen (secondary N) is 1. The average molecular weight is 272 g/mol. The van der Waals surface area contributed by atoms with Crippen LogP contribution in [0.4, 0.5) is 0 Å². The third-order valence-electron chi connectivity index (χ3n) is 4.90. The van der Waals surface area contributed by atoms with Gasteiger partial charge in [0, 0.05) is 19.1 Å². The Bertz CT molecular complexity index is 376. The summed E-state index contributed by atoms with van der Waals surface area (Å²) >= 11 is 0. The highest BCUT2D eigenvalue weighted by Crippen LogP contribution is 2.32. The molecule has 2 unspecified atom stereocenters. The fourth-order valence-corrected chi connectivity index (χ4v) is 5.91. The molecular weight excluding hydrogens is 248 g/mol. The quantitative estimate of drug-likeness (QED) is 0.825. The van der Waals surface area contributed by atoms with E-state index in [1.165, 1.54) is 19.3 Å². The molecular formula is C13H24N2O2S. The van der Waals surface area contributed by atoms with Crippen molar-refractivity contribution in [3.63, 3.8) is 0 Å². The molecule has 0 radical (unpaired) electrons. The Balaban J connectivity index is 1.70. The summed E-state index contributed by atoms with van der Waals surface area (Å²) in [6.07, 6.45) is 7.51.